The molecule has 0 saturated heterocycles. The third-order valence-electron chi connectivity index (χ3n) is 3.26. The Kier molecular flexibility index (Phi) is 7.07. The average Bonchev–Trinajstić information content (AvgIpc) is 2.61. The van der Waals surface area contributed by atoms with Crippen molar-refractivity contribution in [3.8, 4) is 11.5 Å². The van der Waals surface area contributed by atoms with Gasteiger partial charge in [-0.05, 0) is 29.8 Å². The second kappa shape index (κ2) is 9.54. The van der Waals surface area contributed by atoms with Crippen molar-refractivity contribution in [1.29, 1.82) is 0 Å². The topological polar surface area (TPSA) is 79.8 Å². The molecule has 0 aromatic heterocycles. The van der Waals surface area contributed by atoms with E-state index in [-0.39, 0.29) is 19.1 Å². The highest BCUT2D eigenvalue weighted by molar-refractivity contribution is 5.91. The molecule has 0 saturated carbocycles. The molecular formula is C18H22N2O4. The molecule has 0 aliphatic rings. The van der Waals surface area contributed by atoms with Crippen molar-refractivity contribution in [2.45, 2.75) is 6.54 Å². The largest absolute Gasteiger partial charge is 0.493 e. The molecule has 6 heteroatoms. The van der Waals surface area contributed by atoms with Crippen LogP contribution in [0.25, 0.3) is 0 Å². The Balaban J connectivity index is 1.90. The number of anilines is 1. The fourth-order valence-electron chi connectivity index (χ4n) is 2.11. The van der Waals surface area contributed by atoms with Crippen LogP contribution in [0.5, 0.6) is 11.5 Å². The Labute approximate surface area is 141 Å². The van der Waals surface area contributed by atoms with Crippen molar-refractivity contribution < 1.29 is 19.4 Å². The maximum atomic E-state index is 11.9. The van der Waals surface area contributed by atoms with Gasteiger partial charge in [0.1, 0.15) is 0 Å². The van der Waals surface area contributed by atoms with E-state index in [0.717, 1.165) is 11.3 Å². The normalized spacial score (nSPS) is 10.2. The standard InChI is InChI=1S/C18H22N2O4/c1-23-17-11-14(12-19-9-10-21)7-8-16(17)24-13-18(22)20-15-5-3-2-4-6-15/h2-8,11,19,21H,9-10,12-13H2,1H3,(H,20,22). The van der Waals surface area contributed by atoms with Gasteiger partial charge in [0.15, 0.2) is 18.1 Å². The van der Waals surface area contributed by atoms with E-state index in [2.05, 4.69) is 10.6 Å². The summed E-state index contributed by atoms with van der Waals surface area (Å²) in [6.45, 7) is 1.13. The molecule has 128 valence electrons. The van der Waals surface area contributed by atoms with Crippen LogP contribution in [0.3, 0.4) is 0 Å². The number of benzene rings is 2. The molecule has 0 atom stereocenters. The molecule has 6 nitrogen and oxygen atoms in total. The summed E-state index contributed by atoms with van der Waals surface area (Å²) in [6, 6.07) is 14.7. The van der Waals surface area contributed by atoms with Crippen LogP contribution in [0.2, 0.25) is 0 Å². The second-order valence-corrected chi connectivity index (χ2v) is 5.09. The summed E-state index contributed by atoms with van der Waals surface area (Å²) in [5.41, 5.74) is 1.73. The van der Waals surface area contributed by atoms with Gasteiger partial charge >= 0.3 is 0 Å². The number of carbonyl (C=O) groups excluding carboxylic acids is 1. The molecule has 0 aliphatic heterocycles. The maximum absolute atomic E-state index is 11.9. The molecule has 3 N–H and O–H groups in total. The van der Waals surface area contributed by atoms with Crippen LogP contribution >= 0.6 is 0 Å². The van der Waals surface area contributed by atoms with Crippen molar-refractivity contribution in [3.63, 3.8) is 0 Å². The highest BCUT2D eigenvalue weighted by Gasteiger charge is 2.09. The fourth-order valence-corrected chi connectivity index (χ4v) is 2.11. The minimum Gasteiger partial charge on any atom is -0.493 e. The number of nitrogens with one attached hydrogen (secondary N) is 2. The van der Waals surface area contributed by atoms with Gasteiger partial charge in [-0.2, -0.15) is 0 Å². The number of amides is 1. The van der Waals surface area contributed by atoms with Crippen molar-refractivity contribution in [3.05, 3.63) is 54.1 Å². The lowest BCUT2D eigenvalue weighted by Crippen LogP contribution is -2.20. The molecule has 1 amide bonds. The highest BCUT2D eigenvalue weighted by Crippen LogP contribution is 2.28. The summed E-state index contributed by atoms with van der Waals surface area (Å²) in [5.74, 6) is 0.828. The zero-order valence-corrected chi connectivity index (χ0v) is 13.6. The number of aliphatic hydroxyl groups excluding tert-OH is 1. The molecule has 0 aliphatic carbocycles. The first-order valence-electron chi connectivity index (χ1n) is 7.69. The first-order valence-corrected chi connectivity index (χ1v) is 7.69. The molecule has 0 bridgehead atoms. The van der Waals surface area contributed by atoms with Crippen LogP contribution in [0.1, 0.15) is 5.56 Å². The van der Waals surface area contributed by atoms with E-state index in [0.29, 0.717) is 24.6 Å². The van der Waals surface area contributed by atoms with Crippen LogP contribution in [0.15, 0.2) is 48.5 Å². The smallest absolute Gasteiger partial charge is 0.262 e. The first kappa shape index (κ1) is 17.8. The van der Waals surface area contributed by atoms with Gasteiger partial charge in [-0.25, -0.2) is 0 Å². The van der Waals surface area contributed by atoms with Gasteiger partial charge in [0, 0.05) is 18.8 Å². The Morgan fingerprint density at radius 2 is 1.92 bits per heavy atom. The van der Waals surface area contributed by atoms with Crippen molar-refractivity contribution in [2.24, 2.45) is 0 Å². The second-order valence-electron chi connectivity index (χ2n) is 5.09. The molecule has 0 radical (unpaired) electrons. The van der Waals surface area contributed by atoms with E-state index < -0.39 is 0 Å². The number of hydrogen-bond donors (Lipinski definition) is 3. The SMILES string of the molecule is COc1cc(CNCCO)ccc1OCC(=O)Nc1ccccc1. The highest BCUT2D eigenvalue weighted by atomic mass is 16.5. The lowest BCUT2D eigenvalue weighted by Gasteiger charge is -2.12. The summed E-state index contributed by atoms with van der Waals surface area (Å²) in [7, 11) is 1.55. The van der Waals surface area contributed by atoms with Gasteiger partial charge in [-0.1, -0.05) is 24.3 Å². The van der Waals surface area contributed by atoms with Crippen molar-refractivity contribution in [1.82, 2.24) is 5.32 Å². The zero-order valence-electron chi connectivity index (χ0n) is 13.6. The Bertz CT molecular complexity index is 647. The predicted octanol–water partition coefficient (Wildman–Crippen LogP) is 1.79. The predicted molar refractivity (Wildman–Crippen MR) is 92.4 cm³/mol. The minimum atomic E-state index is -0.239. The number of ether oxygens (including phenoxy) is 2. The van der Waals surface area contributed by atoms with Gasteiger partial charge in [0.2, 0.25) is 0 Å². The van der Waals surface area contributed by atoms with E-state index in [1.165, 1.54) is 0 Å². The van der Waals surface area contributed by atoms with Gasteiger partial charge in [0.05, 0.1) is 13.7 Å². The Morgan fingerprint density at radius 3 is 2.62 bits per heavy atom. The number of rotatable bonds is 9. The summed E-state index contributed by atoms with van der Waals surface area (Å²) in [4.78, 5) is 11.9. The van der Waals surface area contributed by atoms with Crippen molar-refractivity contribution in [2.75, 3.05) is 32.2 Å². The summed E-state index contributed by atoms with van der Waals surface area (Å²) in [5, 5.41) is 14.6. The van der Waals surface area contributed by atoms with Gasteiger partial charge in [0.25, 0.3) is 5.91 Å². The first-order chi connectivity index (χ1) is 11.7. The summed E-state index contributed by atoms with van der Waals surface area (Å²) < 4.78 is 10.9. The average molecular weight is 330 g/mol. The monoisotopic (exact) mass is 330 g/mol. The molecule has 2 aromatic carbocycles. The number of methoxy groups -OCH3 is 1. The van der Waals surface area contributed by atoms with Gasteiger partial charge in [-0.15, -0.1) is 0 Å². The number of para-hydroxylation sites is 1. The minimum absolute atomic E-state index is 0.0921. The molecule has 24 heavy (non-hydrogen) atoms. The fraction of sp³-hybridized carbons (Fsp3) is 0.278. The molecule has 0 heterocycles. The van der Waals surface area contributed by atoms with Crippen molar-refractivity contribution >= 4 is 11.6 Å². The molecule has 0 unspecified atom stereocenters. The van der Waals surface area contributed by atoms with Gasteiger partial charge < -0.3 is 25.2 Å². The van der Waals surface area contributed by atoms with Crippen LogP contribution in [-0.2, 0) is 11.3 Å². The summed E-state index contributed by atoms with van der Waals surface area (Å²) >= 11 is 0. The lowest BCUT2D eigenvalue weighted by atomic mass is 10.2. The zero-order chi connectivity index (χ0) is 17.2. The van der Waals surface area contributed by atoms with Crippen LogP contribution in [0, 0.1) is 0 Å². The summed E-state index contributed by atoms with van der Waals surface area (Å²) in [6.07, 6.45) is 0. The van der Waals surface area contributed by atoms with Gasteiger partial charge in [-0.3, -0.25) is 4.79 Å². The van der Waals surface area contributed by atoms with E-state index in [4.69, 9.17) is 14.6 Å². The quantitative estimate of drug-likeness (QED) is 0.611. The van der Waals surface area contributed by atoms with E-state index in [9.17, 15) is 4.79 Å². The van der Waals surface area contributed by atoms with E-state index in [1.54, 1.807) is 13.2 Å². The van der Waals surface area contributed by atoms with Crippen LogP contribution < -0.4 is 20.1 Å². The Morgan fingerprint density at radius 1 is 1.12 bits per heavy atom. The molecular weight excluding hydrogens is 308 g/mol. The number of hydrogen-bond acceptors (Lipinski definition) is 5. The lowest BCUT2D eigenvalue weighted by molar-refractivity contribution is -0.118. The van der Waals surface area contributed by atoms with E-state index >= 15 is 0 Å². The maximum Gasteiger partial charge on any atom is 0.262 e. The number of aliphatic hydroxyl groups is 1. The third-order valence-corrected chi connectivity index (χ3v) is 3.26. The molecule has 0 spiro atoms. The van der Waals surface area contributed by atoms with Crippen LogP contribution in [-0.4, -0.2) is 37.9 Å². The molecule has 2 aromatic rings. The molecule has 2 rings (SSSR count). The Hall–Kier alpha value is -2.57. The third kappa shape index (κ3) is 5.57. The molecule has 0 fully saturated rings. The van der Waals surface area contributed by atoms with Crippen LogP contribution in [0.4, 0.5) is 5.69 Å². The van der Waals surface area contributed by atoms with E-state index in [1.807, 2.05) is 42.5 Å². The number of carbonyl (C=O) groups is 1.